The van der Waals surface area contributed by atoms with E-state index in [1.165, 1.54) is 6.08 Å². The highest BCUT2D eigenvalue weighted by Gasteiger charge is 2.45. The third-order valence-electron chi connectivity index (χ3n) is 2.40. The van der Waals surface area contributed by atoms with Crippen LogP contribution in [-0.4, -0.2) is 22.2 Å². The molecule has 0 atom stereocenters. The minimum absolute atomic E-state index is 0.189. The van der Waals surface area contributed by atoms with Gasteiger partial charge in [-0.1, -0.05) is 11.6 Å². The summed E-state index contributed by atoms with van der Waals surface area (Å²) in [6, 6.07) is 0. The standard InChI is InChI=1S/C9H12O4/c1-6-3-2-4-9(5-6,7(10)11)8(12)13/h5H,2-4H2,1H3,(H,10,11)(H,12,13). The summed E-state index contributed by atoms with van der Waals surface area (Å²) in [5.41, 5.74) is -0.835. The molecule has 1 aliphatic rings. The molecule has 0 saturated carbocycles. The smallest absolute Gasteiger partial charge is 0.324 e. The van der Waals surface area contributed by atoms with Crippen LogP contribution in [0.5, 0.6) is 0 Å². The van der Waals surface area contributed by atoms with Crippen LogP contribution in [0.4, 0.5) is 0 Å². The summed E-state index contributed by atoms with van der Waals surface area (Å²) in [5.74, 6) is -2.53. The van der Waals surface area contributed by atoms with Gasteiger partial charge in [-0.15, -0.1) is 0 Å². The molecule has 0 aromatic heterocycles. The zero-order valence-corrected chi connectivity index (χ0v) is 7.41. The Bertz CT molecular complexity index is 263. The van der Waals surface area contributed by atoms with Crippen LogP contribution in [0.1, 0.15) is 26.2 Å². The van der Waals surface area contributed by atoms with Crippen LogP contribution in [0.3, 0.4) is 0 Å². The number of hydrogen-bond acceptors (Lipinski definition) is 2. The van der Waals surface area contributed by atoms with Crippen LogP contribution in [-0.2, 0) is 9.59 Å². The minimum atomic E-state index is -1.68. The maximum absolute atomic E-state index is 10.8. The van der Waals surface area contributed by atoms with E-state index in [-0.39, 0.29) is 6.42 Å². The van der Waals surface area contributed by atoms with Gasteiger partial charge in [-0.2, -0.15) is 0 Å². The Labute approximate surface area is 75.9 Å². The average Bonchev–Trinajstić information content (AvgIpc) is 2.03. The van der Waals surface area contributed by atoms with Gasteiger partial charge < -0.3 is 10.2 Å². The van der Waals surface area contributed by atoms with Gasteiger partial charge in [-0.3, -0.25) is 9.59 Å². The Kier molecular flexibility index (Phi) is 2.40. The van der Waals surface area contributed by atoms with Crippen molar-refractivity contribution in [3.8, 4) is 0 Å². The Morgan fingerprint density at radius 1 is 1.38 bits per heavy atom. The SMILES string of the molecule is CC1=CC(C(=O)O)(C(=O)O)CCC1. The van der Waals surface area contributed by atoms with Crippen molar-refractivity contribution < 1.29 is 19.8 Å². The van der Waals surface area contributed by atoms with Gasteiger partial charge in [-0.05, 0) is 26.2 Å². The molecule has 0 aromatic carbocycles. The summed E-state index contributed by atoms with van der Waals surface area (Å²) in [7, 11) is 0. The Morgan fingerprint density at radius 3 is 2.23 bits per heavy atom. The zero-order chi connectivity index (χ0) is 10.1. The molecule has 1 aliphatic carbocycles. The molecule has 0 saturated heterocycles. The first-order chi connectivity index (χ1) is 5.99. The molecule has 0 aliphatic heterocycles. The molecule has 0 spiro atoms. The van der Waals surface area contributed by atoms with Crippen molar-refractivity contribution in [2.24, 2.45) is 5.41 Å². The van der Waals surface area contributed by atoms with E-state index in [1.54, 1.807) is 6.92 Å². The van der Waals surface area contributed by atoms with Crippen molar-refractivity contribution >= 4 is 11.9 Å². The highest BCUT2D eigenvalue weighted by atomic mass is 16.4. The predicted octanol–water partition coefficient (Wildman–Crippen LogP) is 1.27. The van der Waals surface area contributed by atoms with Crippen molar-refractivity contribution in [2.45, 2.75) is 26.2 Å². The zero-order valence-electron chi connectivity index (χ0n) is 7.41. The summed E-state index contributed by atoms with van der Waals surface area (Å²) in [4.78, 5) is 21.7. The molecule has 0 amide bonds. The van der Waals surface area contributed by atoms with E-state index in [0.29, 0.717) is 6.42 Å². The quantitative estimate of drug-likeness (QED) is 0.500. The Morgan fingerprint density at radius 2 is 1.92 bits per heavy atom. The molecule has 72 valence electrons. The van der Waals surface area contributed by atoms with Crippen LogP contribution in [0, 0.1) is 5.41 Å². The molecule has 4 heteroatoms. The van der Waals surface area contributed by atoms with E-state index >= 15 is 0 Å². The van der Waals surface area contributed by atoms with Crippen LogP contribution in [0.25, 0.3) is 0 Å². The summed E-state index contributed by atoms with van der Waals surface area (Å²) in [5, 5.41) is 17.7. The van der Waals surface area contributed by atoms with E-state index < -0.39 is 17.4 Å². The number of aliphatic carboxylic acids is 2. The fourth-order valence-electron chi connectivity index (χ4n) is 1.64. The van der Waals surface area contributed by atoms with E-state index in [4.69, 9.17) is 10.2 Å². The van der Waals surface area contributed by atoms with Gasteiger partial charge in [0.2, 0.25) is 0 Å². The summed E-state index contributed by atoms with van der Waals surface area (Å²) in [6.07, 6.45) is 2.97. The molecule has 0 unspecified atom stereocenters. The number of carboxylic acid groups (broad SMARTS) is 2. The molecule has 2 N–H and O–H groups in total. The summed E-state index contributed by atoms with van der Waals surface area (Å²) >= 11 is 0. The van der Waals surface area contributed by atoms with E-state index in [2.05, 4.69) is 0 Å². The first kappa shape index (κ1) is 9.77. The number of hydrogen-bond donors (Lipinski definition) is 2. The van der Waals surface area contributed by atoms with E-state index in [9.17, 15) is 9.59 Å². The molecule has 4 nitrogen and oxygen atoms in total. The monoisotopic (exact) mass is 184 g/mol. The van der Waals surface area contributed by atoms with Crippen LogP contribution >= 0.6 is 0 Å². The first-order valence-corrected chi connectivity index (χ1v) is 4.14. The maximum atomic E-state index is 10.8. The van der Waals surface area contributed by atoms with Gasteiger partial charge in [0, 0.05) is 0 Å². The topological polar surface area (TPSA) is 74.6 Å². The van der Waals surface area contributed by atoms with Gasteiger partial charge in [0.1, 0.15) is 0 Å². The second kappa shape index (κ2) is 3.20. The number of allylic oxidation sites excluding steroid dienone is 1. The minimum Gasteiger partial charge on any atom is -0.480 e. The molecule has 0 aromatic rings. The second-order valence-corrected chi connectivity index (χ2v) is 3.43. The third kappa shape index (κ3) is 1.56. The van der Waals surface area contributed by atoms with Gasteiger partial charge in [-0.25, -0.2) is 0 Å². The normalized spacial score (nSPS) is 20.5. The lowest BCUT2D eigenvalue weighted by Crippen LogP contribution is -2.39. The molecule has 0 fully saturated rings. The van der Waals surface area contributed by atoms with Crippen molar-refractivity contribution in [1.29, 1.82) is 0 Å². The maximum Gasteiger partial charge on any atom is 0.324 e. The van der Waals surface area contributed by atoms with Crippen LogP contribution in [0.15, 0.2) is 11.6 Å². The van der Waals surface area contributed by atoms with Crippen molar-refractivity contribution in [2.75, 3.05) is 0 Å². The number of carboxylic acids is 2. The lowest BCUT2D eigenvalue weighted by Gasteiger charge is -2.25. The van der Waals surface area contributed by atoms with Crippen LogP contribution in [0.2, 0.25) is 0 Å². The second-order valence-electron chi connectivity index (χ2n) is 3.43. The molecule has 13 heavy (non-hydrogen) atoms. The van der Waals surface area contributed by atoms with Gasteiger partial charge in [0.05, 0.1) is 0 Å². The first-order valence-electron chi connectivity index (χ1n) is 4.14. The summed E-state index contributed by atoms with van der Waals surface area (Å²) < 4.78 is 0. The fourth-order valence-corrected chi connectivity index (χ4v) is 1.64. The van der Waals surface area contributed by atoms with Crippen molar-refractivity contribution in [1.82, 2.24) is 0 Å². The fraction of sp³-hybridized carbons (Fsp3) is 0.556. The molecule has 0 radical (unpaired) electrons. The van der Waals surface area contributed by atoms with Gasteiger partial charge in [0.25, 0.3) is 0 Å². The van der Waals surface area contributed by atoms with Crippen molar-refractivity contribution in [3.63, 3.8) is 0 Å². The molecule has 0 bridgehead atoms. The Balaban J connectivity index is 3.11. The van der Waals surface area contributed by atoms with Crippen LogP contribution < -0.4 is 0 Å². The van der Waals surface area contributed by atoms with Crippen molar-refractivity contribution in [3.05, 3.63) is 11.6 Å². The summed E-state index contributed by atoms with van der Waals surface area (Å²) in [6.45, 7) is 1.76. The van der Waals surface area contributed by atoms with Gasteiger partial charge >= 0.3 is 11.9 Å². The number of carbonyl (C=O) groups is 2. The molecule has 0 heterocycles. The number of rotatable bonds is 2. The highest BCUT2D eigenvalue weighted by molar-refractivity contribution is 6.00. The molecule has 1 rings (SSSR count). The van der Waals surface area contributed by atoms with Gasteiger partial charge in [0.15, 0.2) is 5.41 Å². The lowest BCUT2D eigenvalue weighted by atomic mass is 9.77. The average molecular weight is 184 g/mol. The third-order valence-corrected chi connectivity index (χ3v) is 2.40. The largest absolute Gasteiger partial charge is 0.480 e. The predicted molar refractivity (Wildman–Crippen MR) is 45.3 cm³/mol. The molecular weight excluding hydrogens is 172 g/mol. The Hall–Kier alpha value is -1.32. The highest BCUT2D eigenvalue weighted by Crippen LogP contribution is 2.34. The van der Waals surface area contributed by atoms with E-state index in [0.717, 1.165) is 12.0 Å². The lowest BCUT2D eigenvalue weighted by molar-refractivity contribution is -0.161. The molecular formula is C9H12O4. The van der Waals surface area contributed by atoms with E-state index in [1.807, 2.05) is 0 Å².